The summed E-state index contributed by atoms with van der Waals surface area (Å²) in [6.07, 6.45) is 3.42. The predicted octanol–water partition coefficient (Wildman–Crippen LogP) is 4.45. The number of hydrogen-bond donors (Lipinski definition) is 0. The van der Waals surface area contributed by atoms with Gasteiger partial charge < -0.3 is 0 Å². The molecule has 4 aromatic heterocycles. The van der Waals surface area contributed by atoms with E-state index in [1.165, 1.54) is 0 Å². The van der Waals surface area contributed by atoms with Crippen molar-refractivity contribution >= 4 is 42.8 Å². The minimum Gasteiger partial charge on any atom is -0.250 e. The third-order valence-electron chi connectivity index (χ3n) is 3.81. The van der Waals surface area contributed by atoms with E-state index in [4.69, 9.17) is 9.97 Å². The average molecular weight is 314 g/mol. The molecule has 0 saturated carbocycles. The molecule has 0 aliphatic heterocycles. The van der Waals surface area contributed by atoms with Crippen LogP contribution in [0.5, 0.6) is 0 Å². The Kier molecular flexibility index (Phi) is 2.63. The number of para-hydroxylation sites is 1. The average Bonchev–Trinajstić information content (AvgIpc) is 2.99. The highest BCUT2D eigenvalue weighted by molar-refractivity contribution is 7.25. The maximum Gasteiger partial charge on any atom is 0.144 e. The van der Waals surface area contributed by atoms with Crippen LogP contribution in [0.1, 0.15) is 0 Å². The van der Waals surface area contributed by atoms with Crippen molar-refractivity contribution in [1.29, 1.82) is 0 Å². The van der Waals surface area contributed by atoms with Crippen molar-refractivity contribution in [1.82, 2.24) is 19.9 Å². The molecule has 5 aromatic rings. The number of rotatable bonds is 1. The molecule has 4 nitrogen and oxygen atoms in total. The van der Waals surface area contributed by atoms with Gasteiger partial charge in [0.1, 0.15) is 15.9 Å². The van der Waals surface area contributed by atoms with Gasteiger partial charge in [0, 0.05) is 17.8 Å². The molecular weight excluding hydrogens is 304 g/mol. The first kappa shape index (κ1) is 12.6. The van der Waals surface area contributed by atoms with Crippen molar-refractivity contribution in [3.8, 4) is 11.4 Å². The molecule has 0 unspecified atom stereocenters. The molecule has 1 aromatic carbocycles. The summed E-state index contributed by atoms with van der Waals surface area (Å²) in [6, 6.07) is 16.3. The molecule has 108 valence electrons. The SMILES string of the molecule is c1ccc2nc(-c3ccc4sc5nccnc5c4n3)ccc2c1. The first-order valence-electron chi connectivity index (χ1n) is 7.25. The van der Waals surface area contributed by atoms with Gasteiger partial charge in [-0.3, -0.25) is 0 Å². The molecule has 0 aliphatic rings. The quantitative estimate of drug-likeness (QED) is 0.458. The van der Waals surface area contributed by atoms with E-state index < -0.39 is 0 Å². The van der Waals surface area contributed by atoms with Gasteiger partial charge in [0.15, 0.2) is 0 Å². The Labute approximate surface area is 135 Å². The molecule has 0 spiro atoms. The standard InChI is InChI=1S/C18H10N4S/c1-2-4-12-11(3-1)5-6-13(21-12)14-7-8-15-16(22-14)17-18(23-15)20-10-9-19-17/h1-10H. The van der Waals surface area contributed by atoms with E-state index in [0.717, 1.165) is 42.9 Å². The van der Waals surface area contributed by atoms with E-state index in [1.54, 1.807) is 23.7 Å². The molecule has 0 saturated heterocycles. The lowest BCUT2D eigenvalue weighted by molar-refractivity contribution is 1.30. The molecule has 0 radical (unpaired) electrons. The third-order valence-corrected chi connectivity index (χ3v) is 4.86. The lowest BCUT2D eigenvalue weighted by atomic mass is 10.1. The Hall–Kier alpha value is -2.92. The van der Waals surface area contributed by atoms with E-state index in [0.29, 0.717) is 0 Å². The van der Waals surface area contributed by atoms with Crippen LogP contribution in [0.3, 0.4) is 0 Å². The number of pyridine rings is 2. The summed E-state index contributed by atoms with van der Waals surface area (Å²) >= 11 is 1.61. The second kappa shape index (κ2) is 4.79. The summed E-state index contributed by atoms with van der Waals surface area (Å²) < 4.78 is 1.09. The van der Waals surface area contributed by atoms with E-state index in [-0.39, 0.29) is 0 Å². The summed E-state index contributed by atoms with van der Waals surface area (Å²) in [4.78, 5) is 19.2. The Balaban J connectivity index is 1.76. The number of nitrogens with zero attached hydrogens (tertiary/aromatic N) is 4. The third kappa shape index (κ3) is 1.98. The fourth-order valence-electron chi connectivity index (χ4n) is 2.72. The zero-order chi connectivity index (χ0) is 15.2. The first-order valence-corrected chi connectivity index (χ1v) is 8.06. The van der Waals surface area contributed by atoms with Gasteiger partial charge >= 0.3 is 0 Å². The Morgan fingerprint density at radius 2 is 1.52 bits per heavy atom. The minimum absolute atomic E-state index is 0.855. The molecule has 0 bridgehead atoms. The highest BCUT2D eigenvalue weighted by Gasteiger charge is 2.10. The number of fused-ring (bicyclic) bond motifs is 4. The van der Waals surface area contributed by atoms with Crippen molar-refractivity contribution in [2.45, 2.75) is 0 Å². The largest absolute Gasteiger partial charge is 0.250 e. The smallest absolute Gasteiger partial charge is 0.144 e. The predicted molar refractivity (Wildman–Crippen MR) is 93.5 cm³/mol. The topological polar surface area (TPSA) is 51.6 Å². The van der Waals surface area contributed by atoms with Crippen LogP contribution >= 0.6 is 11.3 Å². The van der Waals surface area contributed by atoms with Crippen molar-refractivity contribution in [3.63, 3.8) is 0 Å². The van der Waals surface area contributed by atoms with Crippen LogP contribution in [0.4, 0.5) is 0 Å². The maximum absolute atomic E-state index is 4.79. The van der Waals surface area contributed by atoms with Gasteiger partial charge in [-0.25, -0.2) is 19.9 Å². The van der Waals surface area contributed by atoms with Crippen LogP contribution in [0.2, 0.25) is 0 Å². The van der Waals surface area contributed by atoms with Crippen LogP contribution in [-0.2, 0) is 0 Å². The van der Waals surface area contributed by atoms with Gasteiger partial charge in [-0.1, -0.05) is 24.3 Å². The van der Waals surface area contributed by atoms with Gasteiger partial charge in [0.05, 0.1) is 21.6 Å². The van der Waals surface area contributed by atoms with Crippen LogP contribution in [0, 0.1) is 0 Å². The summed E-state index contributed by atoms with van der Waals surface area (Å²) in [7, 11) is 0. The minimum atomic E-state index is 0.855. The molecule has 0 N–H and O–H groups in total. The first-order chi connectivity index (χ1) is 11.4. The van der Waals surface area contributed by atoms with Crippen molar-refractivity contribution in [2.75, 3.05) is 0 Å². The molecule has 0 fully saturated rings. The normalized spacial score (nSPS) is 11.5. The van der Waals surface area contributed by atoms with Crippen LogP contribution in [0.15, 0.2) is 60.9 Å². The fraction of sp³-hybridized carbons (Fsp3) is 0. The molecule has 0 amide bonds. The van der Waals surface area contributed by atoms with Crippen molar-refractivity contribution < 1.29 is 0 Å². The van der Waals surface area contributed by atoms with Crippen LogP contribution in [-0.4, -0.2) is 19.9 Å². The van der Waals surface area contributed by atoms with E-state index in [9.17, 15) is 0 Å². The van der Waals surface area contributed by atoms with E-state index in [2.05, 4.69) is 28.2 Å². The zero-order valence-electron chi connectivity index (χ0n) is 12.0. The fourth-order valence-corrected chi connectivity index (χ4v) is 3.66. The summed E-state index contributed by atoms with van der Waals surface area (Å²) in [5.41, 5.74) is 4.45. The molecule has 23 heavy (non-hydrogen) atoms. The summed E-state index contributed by atoms with van der Waals surface area (Å²) in [5.74, 6) is 0. The highest BCUT2D eigenvalue weighted by atomic mass is 32.1. The number of benzene rings is 1. The molecular formula is C18H10N4S. The molecule has 0 aliphatic carbocycles. The van der Waals surface area contributed by atoms with E-state index >= 15 is 0 Å². The molecule has 4 heterocycles. The number of aromatic nitrogens is 4. The highest BCUT2D eigenvalue weighted by Crippen LogP contribution is 2.31. The molecule has 5 heteroatoms. The second-order valence-corrected chi connectivity index (χ2v) is 6.28. The van der Waals surface area contributed by atoms with Crippen LogP contribution in [0.25, 0.3) is 42.9 Å². The van der Waals surface area contributed by atoms with E-state index in [1.807, 2.05) is 30.3 Å². The van der Waals surface area contributed by atoms with Crippen molar-refractivity contribution in [3.05, 3.63) is 60.9 Å². The Morgan fingerprint density at radius 3 is 2.52 bits per heavy atom. The van der Waals surface area contributed by atoms with Gasteiger partial charge in [0.2, 0.25) is 0 Å². The van der Waals surface area contributed by atoms with Crippen LogP contribution < -0.4 is 0 Å². The van der Waals surface area contributed by atoms with Gasteiger partial charge in [-0.15, -0.1) is 11.3 Å². The zero-order valence-corrected chi connectivity index (χ0v) is 12.8. The Bertz CT molecular complexity index is 1180. The lowest BCUT2D eigenvalue weighted by Crippen LogP contribution is -1.88. The lowest BCUT2D eigenvalue weighted by Gasteiger charge is -2.03. The summed E-state index contributed by atoms with van der Waals surface area (Å²) in [6.45, 7) is 0. The Morgan fingerprint density at radius 1 is 0.696 bits per heavy atom. The second-order valence-electron chi connectivity index (χ2n) is 5.24. The molecule has 0 atom stereocenters. The van der Waals surface area contributed by atoms with Gasteiger partial charge in [0.25, 0.3) is 0 Å². The summed E-state index contributed by atoms with van der Waals surface area (Å²) in [5, 5.41) is 1.13. The molecule has 5 rings (SSSR count). The number of thiophene rings is 1. The maximum atomic E-state index is 4.79. The number of hydrogen-bond acceptors (Lipinski definition) is 5. The van der Waals surface area contributed by atoms with Gasteiger partial charge in [-0.2, -0.15) is 0 Å². The van der Waals surface area contributed by atoms with Crippen molar-refractivity contribution in [2.24, 2.45) is 0 Å². The van der Waals surface area contributed by atoms with Gasteiger partial charge in [-0.05, 0) is 24.3 Å². The monoisotopic (exact) mass is 314 g/mol.